The number of fused-ring (bicyclic) bond motifs is 1. The predicted octanol–water partition coefficient (Wildman–Crippen LogP) is 2.96. The van der Waals surface area contributed by atoms with E-state index in [4.69, 9.17) is 0 Å². The monoisotopic (exact) mass is 478 g/mol. The number of anilines is 1. The molecule has 8 nitrogen and oxygen atoms in total. The molecular formula is C21H23FN4O4S2. The molecule has 1 fully saturated rings. The summed E-state index contributed by atoms with van der Waals surface area (Å²) >= 11 is 1.15. The molecule has 1 saturated heterocycles. The number of amides is 1. The zero-order valence-electron chi connectivity index (χ0n) is 17.7. The Bertz CT molecular complexity index is 1320. The number of hydrogen-bond acceptors (Lipinski definition) is 6. The van der Waals surface area contributed by atoms with Crippen LogP contribution >= 0.6 is 11.3 Å². The van der Waals surface area contributed by atoms with Gasteiger partial charge in [-0.3, -0.25) is 14.2 Å². The van der Waals surface area contributed by atoms with E-state index in [9.17, 15) is 22.4 Å². The van der Waals surface area contributed by atoms with Crippen molar-refractivity contribution in [2.45, 2.75) is 38.1 Å². The second-order valence-corrected chi connectivity index (χ2v) is 11.1. The minimum atomic E-state index is -3.87. The third-order valence-electron chi connectivity index (χ3n) is 5.58. The number of hydrogen-bond donors (Lipinski definition) is 1. The predicted molar refractivity (Wildman–Crippen MR) is 121 cm³/mol. The fourth-order valence-corrected chi connectivity index (χ4v) is 6.92. The lowest BCUT2D eigenvalue weighted by molar-refractivity contribution is -0.116. The number of halogens is 1. The number of aryl methyl sites for hydroxylation is 1. The van der Waals surface area contributed by atoms with Gasteiger partial charge in [0.2, 0.25) is 15.9 Å². The average molecular weight is 479 g/mol. The van der Waals surface area contributed by atoms with E-state index in [2.05, 4.69) is 17.2 Å². The van der Waals surface area contributed by atoms with Crippen LogP contribution in [0.2, 0.25) is 0 Å². The van der Waals surface area contributed by atoms with E-state index in [0.29, 0.717) is 34.4 Å². The Morgan fingerprint density at radius 1 is 1.25 bits per heavy atom. The molecule has 0 atom stereocenters. The van der Waals surface area contributed by atoms with Gasteiger partial charge in [0.15, 0.2) is 0 Å². The molecule has 0 spiro atoms. The van der Waals surface area contributed by atoms with Crippen molar-refractivity contribution in [3.8, 4) is 0 Å². The molecule has 0 bridgehead atoms. The first kappa shape index (κ1) is 22.6. The van der Waals surface area contributed by atoms with Gasteiger partial charge in [0.25, 0.3) is 5.56 Å². The first-order valence-corrected chi connectivity index (χ1v) is 12.5. The molecule has 2 aromatic heterocycles. The van der Waals surface area contributed by atoms with Crippen molar-refractivity contribution in [2.24, 2.45) is 5.92 Å². The van der Waals surface area contributed by atoms with Crippen LogP contribution < -0.4 is 10.9 Å². The largest absolute Gasteiger partial charge is 0.325 e. The summed E-state index contributed by atoms with van der Waals surface area (Å²) in [5.74, 6) is -0.486. The van der Waals surface area contributed by atoms with Crippen LogP contribution in [-0.2, 0) is 21.4 Å². The molecule has 0 aliphatic carbocycles. The average Bonchev–Trinajstić information content (AvgIpc) is 3.09. The maximum absolute atomic E-state index is 13.4. The van der Waals surface area contributed by atoms with Crippen molar-refractivity contribution in [1.82, 2.24) is 13.9 Å². The van der Waals surface area contributed by atoms with Crippen molar-refractivity contribution in [3.05, 3.63) is 51.6 Å². The summed E-state index contributed by atoms with van der Waals surface area (Å²) in [7, 11) is -3.87. The van der Waals surface area contributed by atoms with Gasteiger partial charge in [0.05, 0.1) is 11.7 Å². The van der Waals surface area contributed by atoms with E-state index < -0.39 is 27.3 Å². The summed E-state index contributed by atoms with van der Waals surface area (Å²) in [6, 6.07) is 5.23. The van der Waals surface area contributed by atoms with E-state index in [-0.39, 0.29) is 16.8 Å². The quantitative estimate of drug-likeness (QED) is 0.608. The van der Waals surface area contributed by atoms with Crippen LogP contribution in [0.15, 0.2) is 40.3 Å². The first-order valence-electron chi connectivity index (χ1n) is 10.2. The van der Waals surface area contributed by atoms with Gasteiger partial charge in [-0.25, -0.2) is 17.8 Å². The minimum Gasteiger partial charge on any atom is -0.325 e. The highest BCUT2D eigenvalue weighted by Gasteiger charge is 2.33. The number of nitrogens with one attached hydrogen (secondary N) is 1. The van der Waals surface area contributed by atoms with Crippen molar-refractivity contribution >= 4 is 43.2 Å². The molecule has 3 heterocycles. The smallest absolute Gasteiger partial charge is 0.263 e. The molecule has 1 aliphatic heterocycles. The van der Waals surface area contributed by atoms with Crippen LogP contribution in [-0.4, -0.2) is 41.3 Å². The van der Waals surface area contributed by atoms with Crippen LogP contribution in [0.1, 0.15) is 24.6 Å². The Kier molecular flexibility index (Phi) is 6.15. The first-order chi connectivity index (χ1) is 15.2. The number of sulfonamides is 1. The van der Waals surface area contributed by atoms with Crippen LogP contribution in [0.4, 0.5) is 10.1 Å². The minimum absolute atomic E-state index is 0.0159. The number of benzene rings is 1. The van der Waals surface area contributed by atoms with Crippen LogP contribution in [0.3, 0.4) is 0 Å². The summed E-state index contributed by atoms with van der Waals surface area (Å²) in [6.45, 7) is 4.23. The van der Waals surface area contributed by atoms with Gasteiger partial charge in [0, 0.05) is 23.7 Å². The van der Waals surface area contributed by atoms with Gasteiger partial charge in [-0.05, 0) is 49.9 Å². The highest BCUT2D eigenvalue weighted by molar-refractivity contribution is 7.89. The molecule has 3 aromatic rings. The summed E-state index contributed by atoms with van der Waals surface area (Å²) in [5, 5.41) is 2.60. The van der Waals surface area contributed by atoms with Crippen molar-refractivity contribution < 1.29 is 17.6 Å². The molecule has 0 unspecified atom stereocenters. The maximum Gasteiger partial charge on any atom is 0.263 e. The topological polar surface area (TPSA) is 101 Å². The van der Waals surface area contributed by atoms with E-state index >= 15 is 0 Å². The molecule has 1 amide bonds. The summed E-state index contributed by atoms with van der Waals surface area (Å²) in [4.78, 5) is 30.6. The Balaban J connectivity index is 1.67. The fourth-order valence-electron chi connectivity index (χ4n) is 3.78. The van der Waals surface area contributed by atoms with E-state index in [1.807, 2.05) is 0 Å². The van der Waals surface area contributed by atoms with Gasteiger partial charge < -0.3 is 5.32 Å². The third kappa shape index (κ3) is 4.32. The summed E-state index contributed by atoms with van der Waals surface area (Å²) < 4.78 is 42.3. The number of rotatable bonds is 5. The van der Waals surface area contributed by atoms with Crippen LogP contribution in [0, 0.1) is 18.7 Å². The normalized spacial score (nSPS) is 15.8. The Morgan fingerprint density at radius 3 is 2.56 bits per heavy atom. The van der Waals surface area contributed by atoms with E-state index in [1.54, 1.807) is 6.92 Å². The fraction of sp³-hybridized carbons (Fsp3) is 0.381. The Morgan fingerprint density at radius 2 is 1.91 bits per heavy atom. The van der Waals surface area contributed by atoms with Crippen molar-refractivity contribution in [3.63, 3.8) is 0 Å². The number of piperidine rings is 1. The number of nitrogens with zero attached hydrogens (tertiary/aromatic N) is 3. The third-order valence-corrected chi connectivity index (χ3v) is 8.80. The Labute approximate surface area is 188 Å². The zero-order valence-corrected chi connectivity index (χ0v) is 19.3. The van der Waals surface area contributed by atoms with E-state index in [1.165, 1.54) is 34.9 Å². The van der Waals surface area contributed by atoms with Gasteiger partial charge in [-0.2, -0.15) is 4.31 Å². The number of carbonyl (C=O) groups is 1. The number of aromatic nitrogens is 2. The Hall–Kier alpha value is -2.63. The van der Waals surface area contributed by atoms with Crippen LogP contribution in [0.5, 0.6) is 0 Å². The van der Waals surface area contributed by atoms with Gasteiger partial charge in [-0.15, -0.1) is 11.3 Å². The van der Waals surface area contributed by atoms with Crippen molar-refractivity contribution in [1.29, 1.82) is 0 Å². The highest BCUT2D eigenvalue weighted by atomic mass is 32.2. The molecule has 170 valence electrons. The molecule has 11 heteroatoms. The number of carbonyl (C=O) groups excluding carboxylic acids is 1. The lowest BCUT2D eigenvalue weighted by Gasteiger charge is -2.29. The maximum atomic E-state index is 13.4. The zero-order chi connectivity index (χ0) is 23.0. The summed E-state index contributed by atoms with van der Waals surface area (Å²) in [6.07, 6.45) is 2.78. The molecular weight excluding hydrogens is 455 g/mol. The molecule has 1 aliphatic rings. The SMILES string of the molecule is Cc1sc2ncn(CC(=O)Nc3ccc(F)cc3)c(=O)c2c1S(=O)(=O)N1CCC(C)CC1. The molecule has 4 rings (SSSR count). The van der Waals surface area contributed by atoms with Gasteiger partial charge in [-0.1, -0.05) is 6.92 Å². The van der Waals surface area contributed by atoms with Crippen LogP contribution in [0.25, 0.3) is 10.2 Å². The van der Waals surface area contributed by atoms with Gasteiger partial charge in [0.1, 0.15) is 22.1 Å². The molecule has 1 N–H and O–H groups in total. The lowest BCUT2D eigenvalue weighted by atomic mass is 10.0. The van der Waals surface area contributed by atoms with Crippen molar-refractivity contribution in [2.75, 3.05) is 18.4 Å². The standard InChI is InChI=1S/C21H23FN4O4S2/c1-13-7-9-26(10-8-13)32(29,30)19-14(2)31-20-18(19)21(28)25(12-23-20)11-17(27)24-16-5-3-15(22)4-6-16/h3-6,12-13H,7-11H2,1-2H3,(H,24,27). The second-order valence-electron chi connectivity index (χ2n) is 7.99. The molecule has 0 saturated carbocycles. The molecule has 0 radical (unpaired) electrons. The number of thiophene rings is 1. The summed E-state index contributed by atoms with van der Waals surface area (Å²) in [5.41, 5.74) is -0.204. The second kappa shape index (κ2) is 8.72. The lowest BCUT2D eigenvalue weighted by Crippen LogP contribution is -2.38. The molecule has 32 heavy (non-hydrogen) atoms. The highest BCUT2D eigenvalue weighted by Crippen LogP contribution is 2.34. The van der Waals surface area contributed by atoms with E-state index in [0.717, 1.165) is 28.7 Å². The van der Waals surface area contributed by atoms with Gasteiger partial charge >= 0.3 is 0 Å². The molecule has 1 aromatic carbocycles.